The average Bonchev–Trinajstić information content (AvgIpc) is 3.43. The van der Waals surface area contributed by atoms with Crippen molar-refractivity contribution in [3.05, 3.63) is 119 Å². The Morgan fingerprint density at radius 2 is 1.59 bits per heavy atom. The number of ether oxygens (including phenoxy) is 3. The Bertz CT molecular complexity index is 1560. The van der Waals surface area contributed by atoms with Gasteiger partial charge in [0.2, 0.25) is 0 Å². The fourth-order valence-electron chi connectivity index (χ4n) is 5.01. The lowest BCUT2D eigenvalue weighted by Gasteiger charge is -2.39. The van der Waals surface area contributed by atoms with Crippen LogP contribution in [0.15, 0.2) is 107 Å². The molecular formula is C31H26N2O5S. The number of hydrogen-bond acceptors (Lipinski definition) is 7. The van der Waals surface area contributed by atoms with Crippen LogP contribution in [0.3, 0.4) is 0 Å². The smallest absolute Gasteiger partial charge is 0.340 e. The number of hydrazine groups is 1. The molecule has 2 N–H and O–H groups in total. The van der Waals surface area contributed by atoms with Crippen LogP contribution >= 0.6 is 11.8 Å². The number of fused-ring (bicyclic) bond motifs is 3. The molecule has 2 aliphatic rings. The maximum Gasteiger partial charge on any atom is 0.340 e. The molecule has 2 aliphatic heterocycles. The summed E-state index contributed by atoms with van der Waals surface area (Å²) in [6, 6.07) is 29.7. The molecule has 39 heavy (non-hydrogen) atoms. The largest absolute Gasteiger partial charge is 0.493 e. The summed E-state index contributed by atoms with van der Waals surface area (Å²) >= 11 is 1.71. The first kappa shape index (κ1) is 24.9. The molecule has 0 amide bonds. The number of methoxy groups -OCH3 is 2. The summed E-state index contributed by atoms with van der Waals surface area (Å²) in [5, 5.41) is 12.1. The van der Waals surface area contributed by atoms with Crippen molar-refractivity contribution >= 4 is 23.4 Å². The van der Waals surface area contributed by atoms with Gasteiger partial charge >= 0.3 is 5.97 Å². The zero-order valence-corrected chi connectivity index (χ0v) is 22.1. The van der Waals surface area contributed by atoms with Crippen molar-refractivity contribution < 1.29 is 24.1 Å². The Morgan fingerprint density at radius 1 is 0.872 bits per heavy atom. The quantitative estimate of drug-likeness (QED) is 0.274. The molecular weight excluding hydrogens is 512 g/mol. The van der Waals surface area contributed by atoms with Gasteiger partial charge in [0.25, 0.3) is 0 Å². The minimum absolute atomic E-state index is 0.00230. The van der Waals surface area contributed by atoms with E-state index in [1.54, 1.807) is 23.9 Å². The molecule has 4 aromatic carbocycles. The molecule has 0 saturated heterocycles. The molecule has 0 aliphatic carbocycles. The number of para-hydroxylation sites is 1. The van der Waals surface area contributed by atoms with Crippen LogP contribution in [0.1, 0.15) is 39.3 Å². The van der Waals surface area contributed by atoms with E-state index >= 15 is 0 Å². The molecule has 0 radical (unpaired) electrons. The molecule has 0 fully saturated rings. The van der Waals surface area contributed by atoms with Crippen molar-refractivity contribution in [1.29, 1.82) is 0 Å². The van der Waals surface area contributed by atoms with Crippen LogP contribution in [0, 0.1) is 0 Å². The second-order valence-corrected chi connectivity index (χ2v) is 10.2. The normalized spacial score (nSPS) is 17.7. The molecule has 196 valence electrons. The lowest BCUT2D eigenvalue weighted by Crippen LogP contribution is -2.43. The highest BCUT2D eigenvalue weighted by atomic mass is 32.2. The summed E-state index contributed by atoms with van der Waals surface area (Å²) in [6.07, 6.45) is 1.41. The number of carbonyl (C=O) groups is 1. The Kier molecular flexibility index (Phi) is 6.64. The van der Waals surface area contributed by atoms with Gasteiger partial charge in [0.1, 0.15) is 11.3 Å². The molecule has 8 heteroatoms. The number of rotatable bonds is 7. The van der Waals surface area contributed by atoms with Gasteiger partial charge in [-0.2, -0.15) is 5.01 Å². The van der Waals surface area contributed by atoms with Gasteiger partial charge in [0.15, 0.2) is 17.7 Å². The van der Waals surface area contributed by atoms with Gasteiger partial charge in [-0.3, -0.25) is 0 Å². The summed E-state index contributed by atoms with van der Waals surface area (Å²) in [5.41, 5.74) is 6.87. The maximum absolute atomic E-state index is 12.5. The van der Waals surface area contributed by atoms with E-state index in [2.05, 4.69) is 47.9 Å². The van der Waals surface area contributed by atoms with Crippen molar-refractivity contribution in [2.24, 2.45) is 0 Å². The molecule has 0 aromatic heterocycles. The van der Waals surface area contributed by atoms with Crippen molar-refractivity contribution in [3.63, 3.8) is 0 Å². The number of carboxylic acids is 1. The SMILES string of the molecule is COc1ccc([C@@H]2Oc3ccccc3[C@H]3C=C(c4ccc(Sc5ccccc5)cc4)NN32)c(C(=O)O)c1OC. The minimum atomic E-state index is -1.13. The lowest BCUT2D eigenvalue weighted by molar-refractivity contribution is -0.0334. The highest BCUT2D eigenvalue weighted by Crippen LogP contribution is 2.48. The van der Waals surface area contributed by atoms with Gasteiger partial charge in [0.05, 0.1) is 26.0 Å². The number of benzene rings is 4. The second kappa shape index (κ2) is 10.4. The summed E-state index contributed by atoms with van der Waals surface area (Å²) in [6.45, 7) is 0. The Balaban J connectivity index is 1.36. The van der Waals surface area contributed by atoms with E-state index in [1.807, 2.05) is 47.5 Å². The molecule has 4 aromatic rings. The zero-order valence-electron chi connectivity index (χ0n) is 21.3. The van der Waals surface area contributed by atoms with Gasteiger partial charge in [0, 0.05) is 20.9 Å². The van der Waals surface area contributed by atoms with Gasteiger partial charge in [-0.05, 0) is 54.1 Å². The number of nitrogens with one attached hydrogen (secondary N) is 1. The molecule has 2 heterocycles. The van der Waals surface area contributed by atoms with Crippen LogP contribution in [-0.4, -0.2) is 30.3 Å². The third-order valence-electron chi connectivity index (χ3n) is 6.80. The number of carboxylic acid groups (broad SMARTS) is 1. The predicted molar refractivity (Wildman–Crippen MR) is 149 cm³/mol. The van der Waals surface area contributed by atoms with Crippen LogP contribution in [-0.2, 0) is 0 Å². The van der Waals surface area contributed by atoms with E-state index in [0.717, 1.165) is 21.7 Å². The van der Waals surface area contributed by atoms with E-state index in [4.69, 9.17) is 14.2 Å². The third kappa shape index (κ3) is 4.58. The maximum atomic E-state index is 12.5. The molecule has 0 unspecified atom stereocenters. The molecule has 0 bridgehead atoms. The topological polar surface area (TPSA) is 80.3 Å². The molecule has 0 saturated carbocycles. The van der Waals surface area contributed by atoms with Crippen molar-refractivity contribution in [2.45, 2.75) is 22.1 Å². The Morgan fingerprint density at radius 3 is 2.31 bits per heavy atom. The summed E-state index contributed by atoms with van der Waals surface area (Å²) in [4.78, 5) is 14.8. The van der Waals surface area contributed by atoms with Crippen molar-refractivity contribution in [1.82, 2.24) is 10.4 Å². The fraction of sp³-hybridized carbons (Fsp3) is 0.129. The van der Waals surface area contributed by atoms with E-state index in [9.17, 15) is 9.90 Å². The van der Waals surface area contributed by atoms with Crippen molar-refractivity contribution in [3.8, 4) is 17.2 Å². The van der Waals surface area contributed by atoms with Crippen LogP contribution < -0.4 is 19.6 Å². The van der Waals surface area contributed by atoms with E-state index in [0.29, 0.717) is 17.1 Å². The lowest BCUT2D eigenvalue weighted by atomic mass is 9.98. The standard InChI is InChI=1S/C31H26N2O5S/c1-36-27-17-16-23(28(31(34)35)29(27)37-2)30-33-25(22-10-6-7-11-26(22)38-30)18-24(32-33)19-12-14-21(15-13-19)39-20-8-4-3-5-9-20/h3-18,25,30,32H,1-2H3,(H,34,35)/t25-,30+/m1/s1. The Hall–Kier alpha value is -4.40. The van der Waals surface area contributed by atoms with Gasteiger partial charge < -0.3 is 24.7 Å². The summed E-state index contributed by atoms with van der Waals surface area (Å²) in [5.74, 6) is 0.0656. The highest BCUT2D eigenvalue weighted by molar-refractivity contribution is 7.99. The number of hydrogen-bond donors (Lipinski definition) is 2. The third-order valence-corrected chi connectivity index (χ3v) is 7.82. The van der Waals surface area contributed by atoms with Gasteiger partial charge in [-0.15, -0.1) is 0 Å². The highest BCUT2D eigenvalue weighted by Gasteiger charge is 2.42. The van der Waals surface area contributed by atoms with Crippen LogP contribution in [0.5, 0.6) is 17.2 Å². The second-order valence-electron chi connectivity index (χ2n) is 9.06. The average molecular weight is 539 g/mol. The van der Waals surface area contributed by atoms with E-state index in [1.165, 1.54) is 19.1 Å². The van der Waals surface area contributed by atoms with Gasteiger partial charge in [-0.1, -0.05) is 60.3 Å². The Labute approximate surface area is 230 Å². The van der Waals surface area contributed by atoms with Crippen LogP contribution in [0.2, 0.25) is 0 Å². The first-order chi connectivity index (χ1) is 19.1. The van der Waals surface area contributed by atoms with Crippen LogP contribution in [0.4, 0.5) is 0 Å². The van der Waals surface area contributed by atoms with E-state index < -0.39 is 12.2 Å². The first-order valence-corrected chi connectivity index (χ1v) is 13.2. The predicted octanol–water partition coefficient (Wildman–Crippen LogP) is 6.55. The monoisotopic (exact) mass is 538 g/mol. The van der Waals surface area contributed by atoms with Crippen LogP contribution in [0.25, 0.3) is 5.70 Å². The molecule has 2 atom stereocenters. The first-order valence-electron chi connectivity index (χ1n) is 12.4. The number of aromatic carboxylic acids is 1. The molecule has 0 spiro atoms. The summed E-state index contributed by atoms with van der Waals surface area (Å²) in [7, 11) is 2.91. The van der Waals surface area contributed by atoms with Gasteiger partial charge in [-0.25, -0.2) is 4.79 Å². The summed E-state index contributed by atoms with van der Waals surface area (Å²) < 4.78 is 17.3. The fourth-order valence-corrected chi connectivity index (χ4v) is 5.84. The van der Waals surface area contributed by atoms with Crippen molar-refractivity contribution in [2.75, 3.05) is 14.2 Å². The minimum Gasteiger partial charge on any atom is -0.493 e. The molecule has 7 nitrogen and oxygen atoms in total. The van der Waals surface area contributed by atoms with E-state index in [-0.39, 0.29) is 17.4 Å². The molecule has 6 rings (SSSR count). The number of nitrogens with zero attached hydrogens (tertiary/aromatic N) is 1. The zero-order chi connectivity index (χ0) is 26.9.